The van der Waals surface area contributed by atoms with E-state index >= 15 is 0 Å². The van der Waals surface area contributed by atoms with Gasteiger partial charge in [-0.3, -0.25) is 9.59 Å². The minimum Gasteiger partial charge on any atom is -0.484 e. The summed E-state index contributed by atoms with van der Waals surface area (Å²) in [6.45, 7) is 1.29. The van der Waals surface area contributed by atoms with Crippen LogP contribution in [0.15, 0.2) is 118 Å². The third-order valence-corrected chi connectivity index (χ3v) is 7.19. The van der Waals surface area contributed by atoms with Gasteiger partial charge in [0, 0.05) is 35.1 Å². The molecule has 6 nitrogen and oxygen atoms in total. The molecule has 40 heavy (non-hydrogen) atoms. The molecule has 0 fully saturated rings. The van der Waals surface area contributed by atoms with Crippen molar-refractivity contribution in [3.8, 4) is 11.5 Å². The molecule has 0 saturated heterocycles. The third-order valence-electron chi connectivity index (χ3n) is 6.13. The fraction of sp³-hybridized carbons (Fsp3) is 0.188. The standard InChI is InChI=1S/C32H30Br2N2O4/c33-27-11-15-29(16-12-27)39-23-31(37)35(21-25-7-3-1-4-8-25)19-20-36(22-26-9-5-2-6-10-26)32(38)24-40-30-17-13-28(34)14-18-30/h1-18H,19-24H2. The van der Waals surface area contributed by atoms with Crippen molar-refractivity contribution < 1.29 is 19.1 Å². The van der Waals surface area contributed by atoms with Gasteiger partial charge >= 0.3 is 0 Å². The number of halogens is 2. The van der Waals surface area contributed by atoms with E-state index in [0.29, 0.717) is 37.7 Å². The zero-order chi connectivity index (χ0) is 28.2. The average molecular weight is 666 g/mol. The highest BCUT2D eigenvalue weighted by Crippen LogP contribution is 2.18. The van der Waals surface area contributed by atoms with Crippen LogP contribution in [0.25, 0.3) is 0 Å². The first-order chi connectivity index (χ1) is 19.5. The minimum absolute atomic E-state index is 0.103. The van der Waals surface area contributed by atoms with Gasteiger partial charge in [0.2, 0.25) is 0 Å². The summed E-state index contributed by atoms with van der Waals surface area (Å²) in [4.78, 5) is 30.1. The van der Waals surface area contributed by atoms with Crippen molar-refractivity contribution in [3.05, 3.63) is 129 Å². The van der Waals surface area contributed by atoms with E-state index in [0.717, 1.165) is 20.1 Å². The molecule has 0 bridgehead atoms. The van der Waals surface area contributed by atoms with E-state index in [-0.39, 0.29) is 25.0 Å². The molecule has 2 amide bonds. The monoisotopic (exact) mass is 664 g/mol. The molecule has 0 aromatic heterocycles. The van der Waals surface area contributed by atoms with Crippen LogP contribution >= 0.6 is 31.9 Å². The summed E-state index contributed by atoms with van der Waals surface area (Å²) in [6, 6.07) is 34.3. The Morgan fingerprint density at radius 1 is 0.525 bits per heavy atom. The SMILES string of the molecule is O=C(COc1ccc(Br)cc1)N(CCN(Cc1ccccc1)C(=O)COc1ccc(Br)cc1)Cc1ccccc1. The molecule has 4 aromatic carbocycles. The van der Waals surface area contributed by atoms with Crippen molar-refractivity contribution in [3.63, 3.8) is 0 Å². The number of rotatable bonds is 13. The number of carbonyl (C=O) groups excluding carboxylic acids is 2. The first-order valence-electron chi connectivity index (χ1n) is 12.9. The van der Waals surface area contributed by atoms with E-state index < -0.39 is 0 Å². The maximum atomic E-state index is 13.3. The Bertz CT molecular complexity index is 1240. The quantitative estimate of drug-likeness (QED) is 0.159. The lowest BCUT2D eigenvalue weighted by atomic mass is 10.2. The van der Waals surface area contributed by atoms with Gasteiger partial charge in [-0.1, -0.05) is 92.5 Å². The molecule has 0 aliphatic rings. The summed E-state index contributed by atoms with van der Waals surface area (Å²) in [7, 11) is 0. The van der Waals surface area contributed by atoms with Crippen LogP contribution in [-0.2, 0) is 22.7 Å². The van der Waals surface area contributed by atoms with E-state index in [9.17, 15) is 9.59 Å². The molecular formula is C32H30Br2N2O4. The van der Waals surface area contributed by atoms with Crippen molar-refractivity contribution in [1.82, 2.24) is 9.80 Å². The van der Waals surface area contributed by atoms with E-state index in [2.05, 4.69) is 31.9 Å². The van der Waals surface area contributed by atoms with Gasteiger partial charge in [-0.2, -0.15) is 0 Å². The summed E-state index contributed by atoms with van der Waals surface area (Å²) in [6.07, 6.45) is 0. The van der Waals surface area contributed by atoms with Crippen molar-refractivity contribution in [2.24, 2.45) is 0 Å². The predicted molar refractivity (Wildman–Crippen MR) is 163 cm³/mol. The van der Waals surface area contributed by atoms with Crippen LogP contribution in [0.3, 0.4) is 0 Å². The third kappa shape index (κ3) is 9.54. The number of hydrogen-bond acceptors (Lipinski definition) is 4. The Morgan fingerprint density at radius 3 is 1.23 bits per heavy atom. The zero-order valence-corrected chi connectivity index (χ0v) is 25.1. The normalized spacial score (nSPS) is 10.6. The fourth-order valence-electron chi connectivity index (χ4n) is 3.97. The summed E-state index contributed by atoms with van der Waals surface area (Å²) >= 11 is 6.82. The van der Waals surface area contributed by atoms with Crippen molar-refractivity contribution in [2.75, 3.05) is 26.3 Å². The van der Waals surface area contributed by atoms with Crippen LogP contribution in [-0.4, -0.2) is 47.9 Å². The Balaban J connectivity index is 1.45. The zero-order valence-electron chi connectivity index (χ0n) is 21.9. The van der Waals surface area contributed by atoms with Crippen LogP contribution in [0.2, 0.25) is 0 Å². The van der Waals surface area contributed by atoms with E-state index in [1.807, 2.05) is 109 Å². The van der Waals surface area contributed by atoms with E-state index in [4.69, 9.17) is 9.47 Å². The molecule has 0 aliphatic heterocycles. The molecule has 0 N–H and O–H groups in total. The van der Waals surface area contributed by atoms with Crippen molar-refractivity contribution >= 4 is 43.7 Å². The number of amides is 2. The number of nitrogens with zero attached hydrogens (tertiary/aromatic N) is 2. The van der Waals surface area contributed by atoms with Gasteiger partial charge in [0.05, 0.1) is 0 Å². The first kappa shape index (κ1) is 29.4. The smallest absolute Gasteiger partial charge is 0.260 e. The first-order valence-corrected chi connectivity index (χ1v) is 14.4. The van der Waals surface area contributed by atoms with Crippen molar-refractivity contribution in [2.45, 2.75) is 13.1 Å². The molecule has 0 unspecified atom stereocenters. The van der Waals surface area contributed by atoms with Gasteiger partial charge in [-0.05, 0) is 59.7 Å². The maximum absolute atomic E-state index is 13.3. The molecule has 0 spiro atoms. The van der Waals surface area contributed by atoms with Gasteiger partial charge in [0.25, 0.3) is 11.8 Å². The van der Waals surface area contributed by atoms with Crippen LogP contribution in [0.5, 0.6) is 11.5 Å². The summed E-state index contributed by atoms with van der Waals surface area (Å²) in [5, 5.41) is 0. The highest BCUT2D eigenvalue weighted by molar-refractivity contribution is 9.10. The fourth-order valence-corrected chi connectivity index (χ4v) is 4.50. The van der Waals surface area contributed by atoms with Gasteiger partial charge in [0.1, 0.15) is 11.5 Å². The van der Waals surface area contributed by atoms with Gasteiger partial charge in [0.15, 0.2) is 13.2 Å². The maximum Gasteiger partial charge on any atom is 0.260 e. The lowest BCUT2D eigenvalue weighted by molar-refractivity contribution is -0.138. The molecule has 206 valence electrons. The van der Waals surface area contributed by atoms with E-state index in [1.54, 1.807) is 9.80 Å². The summed E-state index contributed by atoms with van der Waals surface area (Å²) in [5.41, 5.74) is 2.00. The average Bonchev–Trinajstić information content (AvgIpc) is 2.98. The molecule has 4 rings (SSSR count). The molecular weight excluding hydrogens is 636 g/mol. The molecule has 0 aliphatic carbocycles. The molecule has 0 heterocycles. The summed E-state index contributed by atoms with van der Waals surface area (Å²) in [5.74, 6) is 0.902. The van der Waals surface area contributed by atoms with Crippen LogP contribution in [0.1, 0.15) is 11.1 Å². The van der Waals surface area contributed by atoms with Crippen molar-refractivity contribution in [1.29, 1.82) is 0 Å². The Kier molecular flexibility index (Phi) is 11.2. The van der Waals surface area contributed by atoms with E-state index in [1.165, 1.54) is 0 Å². The van der Waals surface area contributed by atoms with Crippen LogP contribution in [0.4, 0.5) is 0 Å². The highest BCUT2D eigenvalue weighted by Gasteiger charge is 2.20. The lowest BCUT2D eigenvalue weighted by Crippen LogP contribution is -2.43. The minimum atomic E-state index is -0.162. The number of hydrogen-bond donors (Lipinski definition) is 0. The lowest BCUT2D eigenvalue weighted by Gasteiger charge is -2.28. The Hall–Kier alpha value is -3.62. The van der Waals surface area contributed by atoms with Crippen LogP contribution < -0.4 is 9.47 Å². The second-order valence-electron chi connectivity index (χ2n) is 9.09. The van der Waals surface area contributed by atoms with Gasteiger partial charge < -0.3 is 19.3 Å². The van der Waals surface area contributed by atoms with Gasteiger partial charge in [-0.15, -0.1) is 0 Å². The van der Waals surface area contributed by atoms with Gasteiger partial charge in [-0.25, -0.2) is 0 Å². The molecule has 0 radical (unpaired) electrons. The number of carbonyl (C=O) groups is 2. The topological polar surface area (TPSA) is 59.1 Å². The second kappa shape index (κ2) is 15.2. The second-order valence-corrected chi connectivity index (χ2v) is 10.9. The molecule has 0 atom stereocenters. The predicted octanol–water partition coefficient (Wildman–Crippen LogP) is 6.73. The Morgan fingerprint density at radius 2 is 0.875 bits per heavy atom. The number of ether oxygens (including phenoxy) is 2. The highest BCUT2D eigenvalue weighted by atomic mass is 79.9. The largest absolute Gasteiger partial charge is 0.484 e. The summed E-state index contributed by atoms with van der Waals surface area (Å²) < 4.78 is 13.4. The number of benzene rings is 4. The Labute approximate surface area is 251 Å². The molecule has 4 aromatic rings. The molecule has 0 saturated carbocycles. The molecule has 8 heteroatoms. The van der Waals surface area contributed by atoms with Crippen LogP contribution in [0, 0.1) is 0 Å².